The van der Waals surface area contributed by atoms with E-state index >= 15 is 0 Å². The third kappa shape index (κ3) is 3.82. The Morgan fingerprint density at radius 3 is 2.79 bits per heavy atom. The Kier molecular flexibility index (Phi) is 4.68. The van der Waals surface area contributed by atoms with Gasteiger partial charge in [0.2, 0.25) is 15.9 Å². The molecule has 1 aromatic carbocycles. The molecule has 1 heterocycles. The number of aromatic nitrogens is 1. The molecule has 1 amide bonds. The lowest BCUT2D eigenvalue weighted by molar-refractivity contribution is -0.116. The smallest absolute Gasteiger partial charge is 0.240 e. The molecule has 3 rings (SSSR count). The fourth-order valence-electron chi connectivity index (χ4n) is 2.73. The molecule has 1 aromatic heterocycles. The molecule has 2 aromatic rings. The molecule has 0 saturated carbocycles. The minimum atomic E-state index is -3.61. The van der Waals surface area contributed by atoms with E-state index in [0.29, 0.717) is 11.6 Å². The van der Waals surface area contributed by atoms with Crippen molar-refractivity contribution in [1.82, 2.24) is 9.88 Å². The molecule has 2 N–H and O–H groups in total. The van der Waals surface area contributed by atoms with Gasteiger partial charge in [0.25, 0.3) is 0 Å². The summed E-state index contributed by atoms with van der Waals surface area (Å²) in [6.07, 6.45) is 2.99. The molecule has 0 unspecified atom stereocenters. The average molecular weight is 349 g/mol. The number of nitrogens with zero attached hydrogens (tertiary/aromatic N) is 1. The van der Waals surface area contributed by atoms with Gasteiger partial charge in [-0.25, -0.2) is 13.1 Å². The number of hydrogen-bond acceptors (Lipinski definition) is 5. The Balaban J connectivity index is 1.54. The first-order valence-corrected chi connectivity index (χ1v) is 9.27. The minimum absolute atomic E-state index is 0.01000. The maximum absolute atomic E-state index is 12.3. The van der Waals surface area contributed by atoms with Gasteiger partial charge < -0.3 is 9.84 Å². The van der Waals surface area contributed by atoms with Gasteiger partial charge >= 0.3 is 0 Å². The molecule has 128 valence electrons. The number of hydrogen-bond donors (Lipinski definition) is 2. The van der Waals surface area contributed by atoms with Crippen LogP contribution in [-0.4, -0.2) is 26.0 Å². The van der Waals surface area contributed by atoms with Crippen molar-refractivity contribution in [2.45, 2.75) is 37.5 Å². The molecule has 0 aliphatic heterocycles. The van der Waals surface area contributed by atoms with Crippen molar-refractivity contribution in [1.29, 1.82) is 0 Å². The second kappa shape index (κ2) is 6.74. The largest absolute Gasteiger partial charge is 0.360 e. The number of amides is 1. The van der Waals surface area contributed by atoms with Gasteiger partial charge in [0.05, 0.1) is 4.90 Å². The molecule has 1 aliphatic rings. The van der Waals surface area contributed by atoms with Gasteiger partial charge in [0.15, 0.2) is 5.82 Å². The summed E-state index contributed by atoms with van der Waals surface area (Å²) in [5.41, 5.74) is 2.31. The fourth-order valence-corrected chi connectivity index (χ4v) is 3.81. The Morgan fingerprint density at radius 2 is 2.04 bits per heavy atom. The van der Waals surface area contributed by atoms with E-state index in [-0.39, 0.29) is 23.8 Å². The molecule has 7 nitrogen and oxygen atoms in total. The standard InChI is InChI=1S/C16H19N3O4S/c1-11-9-15(19-23-11)18-16(20)7-8-17-24(21,22)14-6-5-12-3-2-4-13(12)10-14/h5-6,9-10,17H,2-4,7-8H2,1H3,(H,18,19,20). The monoisotopic (exact) mass is 349 g/mol. The van der Waals surface area contributed by atoms with Gasteiger partial charge in [0, 0.05) is 19.0 Å². The highest BCUT2D eigenvalue weighted by molar-refractivity contribution is 7.89. The molecule has 1 aliphatic carbocycles. The molecule has 0 radical (unpaired) electrons. The number of nitrogens with one attached hydrogen (secondary N) is 2. The summed E-state index contributed by atoms with van der Waals surface area (Å²) in [5, 5.41) is 6.19. The van der Waals surface area contributed by atoms with E-state index in [2.05, 4.69) is 15.2 Å². The van der Waals surface area contributed by atoms with Crippen molar-refractivity contribution in [3.05, 3.63) is 41.2 Å². The Morgan fingerprint density at radius 1 is 1.25 bits per heavy atom. The highest BCUT2D eigenvalue weighted by atomic mass is 32.2. The quantitative estimate of drug-likeness (QED) is 0.828. The van der Waals surface area contributed by atoms with Gasteiger partial charge in [-0.2, -0.15) is 0 Å². The van der Waals surface area contributed by atoms with Crippen LogP contribution in [0.1, 0.15) is 29.7 Å². The Hall–Kier alpha value is -2.19. The summed E-state index contributed by atoms with van der Waals surface area (Å²) < 4.78 is 31.9. The number of sulfonamides is 1. The van der Waals surface area contributed by atoms with E-state index < -0.39 is 10.0 Å². The molecule has 24 heavy (non-hydrogen) atoms. The normalized spacial score (nSPS) is 13.7. The predicted octanol–water partition coefficient (Wildman–Crippen LogP) is 1.78. The molecule has 0 spiro atoms. The van der Waals surface area contributed by atoms with Crippen LogP contribution in [0.25, 0.3) is 0 Å². The first kappa shape index (κ1) is 16.7. The Labute approximate surface area is 140 Å². The summed E-state index contributed by atoms with van der Waals surface area (Å²) in [6, 6.07) is 6.80. The van der Waals surface area contributed by atoms with Crippen molar-refractivity contribution >= 4 is 21.7 Å². The predicted molar refractivity (Wildman–Crippen MR) is 88.1 cm³/mol. The third-order valence-corrected chi connectivity index (χ3v) is 5.38. The second-order valence-electron chi connectivity index (χ2n) is 5.80. The highest BCUT2D eigenvalue weighted by Gasteiger charge is 2.18. The lowest BCUT2D eigenvalue weighted by atomic mass is 10.1. The average Bonchev–Trinajstić information content (AvgIpc) is 3.15. The molecule has 8 heteroatoms. The van der Waals surface area contributed by atoms with Crippen molar-refractivity contribution in [2.75, 3.05) is 11.9 Å². The van der Waals surface area contributed by atoms with Crippen LogP contribution >= 0.6 is 0 Å². The molecule has 0 fully saturated rings. The van der Waals surface area contributed by atoms with Crippen LogP contribution in [-0.2, 0) is 27.7 Å². The van der Waals surface area contributed by atoms with E-state index in [9.17, 15) is 13.2 Å². The Bertz CT molecular complexity index is 858. The molecular weight excluding hydrogens is 330 g/mol. The van der Waals surface area contributed by atoms with Gasteiger partial charge in [-0.05, 0) is 49.4 Å². The van der Waals surface area contributed by atoms with Crippen LogP contribution in [0.4, 0.5) is 5.82 Å². The second-order valence-corrected chi connectivity index (χ2v) is 7.57. The third-order valence-electron chi connectivity index (χ3n) is 3.92. The summed E-state index contributed by atoms with van der Waals surface area (Å²) in [4.78, 5) is 12.0. The number of rotatable bonds is 6. The highest BCUT2D eigenvalue weighted by Crippen LogP contribution is 2.24. The van der Waals surface area contributed by atoms with Crippen molar-refractivity contribution in [3.8, 4) is 0 Å². The van der Waals surface area contributed by atoms with E-state index in [0.717, 1.165) is 24.8 Å². The van der Waals surface area contributed by atoms with E-state index in [4.69, 9.17) is 4.52 Å². The number of benzene rings is 1. The van der Waals surface area contributed by atoms with Gasteiger partial charge in [-0.1, -0.05) is 11.2 Å². The zero-order valence-corrected chi connectivity index (χ0v) is 14.1. The zero-order valence-electron chi connectivity index (χ0n) is 13.3. The van der Waals surface area contributed by atoms with Gasteiger partial charge in [0.1, 0.15) is 5.76 Å². The first-order chi connectivity index (χ1) is 11.4. The number of aryl methyl sites for hydroxylation is 3. The van der Waals surface area contributed by atoms with Crippen LogP contribution in [0.15, 0.2) is 33.7 Å². The maximum atomic E-state index is 12.3. The van der Waals surface area contributed by atoms with E-state index in [1.165, 1.54) is 5.56 Å². The number of anilines is 1. The topological polar surface area (TPSA) is 101 Å². The number of carbonyl (C=O) groups excluding carboxylic acids is 1. The van der Waals surface area contributed by atoms with E-state index in [1.807, 2.05) is 6.07 Å². The van der Waals surface area contributed by atoms with Crippen molar-refractivity contribution in [2.24, 2.45) is 0 Å². The fraction of sp³-hybridized carbons (Fsp3) is 0.375. The zero-order chi connectivity index (χ0) is 17.2. The lowest BCUT2D eigenvalue weighted by Gasteiger charge is -2.08. The van der Waals surface area contributed by atoms with Crippen molar-refractivity contribution < 1.29 is 17.7 Å². The molecule has 0 saturated heterocycles. The first-order valence-electron chi connectivity index (χ1n) is 7.79. The van der Waals surface area contributed by atoms with E-state index in [1.54, 1.807) is 25.1 Å². The van der Waals surface area contributed by atoms with Crippen LogP contribution in [0.2, 0.25) is 0 Å². The van der Waals surface area contributed by atoms with Crippen LogP contribution in [0.5, 0.6) is 0 Å². The lowest BCUT2D eigenvalue weighted by Crippen LogP contribution is -2.28. The summed E-state index contributed by atoms with van der Waals surface area (Å²) >= 11 is 0. The number of carbonyl (C=O) groups is 1. The summed E-state index contributed by atoms with van der Waals surface area (Å²) in [5.74, 6) is 0.571. The SMILES string of the molecule is Cc1cc(NC(=O)CCNS(=O)(=O)c2ccc3c(c2)CCC3)no1. The van der Waals surface area contributed by atoms with Crippen LogP contribution < -0.4 is 10.0 Å². The minimum Gasteiger partial charge on any atom is -0.360 e. The molecule has 0 bridgehead atoms. The summed E-state index contributed by atoms with van der Waals surface area (Å²) in [7, 11) is -3.61. The summed E-state index contributed by atoms with van der Waals surface area (Å²) in [6.45, 7) is 1.73. The molecular formula is C16H19N3O4S. The van der Waals surface area contributed by atoms with Crippen LogP contribution in [0.3, 0.4) is 0 Å². The number of fused-ring (bicyclic) bond motifs is 1. The maximum Gasteiger partial charge on any atom is 0.240 e. The van der Waals surface area contributed by atoms with Crippen molar-refractivity contribution in [3.63, 3.8) is 0 Å². The molecule has 0 atom stereocenters. The van der Waals surface area contributed by atoms with Crippen LogP contribution in [0, 0.1) is 6.92 Å². The van der Waals surface area contributed by atoms with Gasteiger partial charge in [-0.15, -0.1) is 0 Å². The van der Waals surface area contributed by atoms with Gasteiger partial charge in [-0.3, -0.25) is 4.79 Å².